The van der Waals surface area contributed by atoms with Crippen molar-refractivity contribution in [3.05, 3.63) is 60.5 Å². The van der Waals surface area contributed by atoms with Crippen molar-refractivity contribution in [2.75, 3.05) is 5.73 Å². The Balaban J connectivity index is 0.000000224. The van der Waals surface area contributed by atoms with Gasteiger partial charge >= 0.3 is 5.69 Å². The molecule has 2 N–H and O–H groups in total. The van der Waals surface area contributed by atoms with Crippen LogP contribution in [-0.2, 0) is 0 Å². The molecule has 0 aliphatic heterocycles. The normalized spacial score (nSPS) is 9.91. The molecule has 0 heterocycles. The zero-order chi connectivity index (χ0) is 17.0. The van der Waals surface area contributed by atoms with Crippen molar-refractivity contribution < 1.29 is 4.92 Å². The van der Waals surface area contributed by atoms with E-state index in [-0.39, 0.29) is 10.7 Å². The van der Waals surface area contributed by atoms with Crippen LogP contribution >= 0.6 is 100 Å². The highest BCUT2D eigenvalue weighted by Gasteiger charge is 2.18. The minimum atomic E-state index is -0.491. The molecular weight excluding hydrogens is 689 g/mol. The van der Waals surface area contributed by atoms with Crippen LogP contribution in [-0.4, -0.2) is 4.92 Å². The molecule has 0 amide bonds. The molecule has 10 heteroatoms. The van der Waals surface area contributed by atoms with Gasteiger partial charge in [-0.3, -0.25) is 10.1 Å². The minimum absolute atomic E-state index is 0.0494. The van der Waals surface area contributed by atoms with Crippen molar-refractivity contribution in [3.8, 4) is 0 Å². The highest BCUT2D eigenvalue weighted by Crippen LogP contribution is 2.35. The van der Waals surface area contributed by atoms with E-state index >= 15 is 0 Å². The maximum Gasteiger partial charge on any atom is 0.302 e. The fourth-order valence-electron chi connectivity index (χ4n) is 1.23. The second-order valence-electron chi connectivity index (χ2n) is 3.71. The number of nitro groups is 1. The van der Waals surface area contributed by atoms with Gasteiger partial charge in [-0.25, -0.2) is 0 Å². The van der Waals surface area contributed by atoms with Gasteiger partial charge in [0.1, 0.15) is 5.02 Å². The molecule has 0 bridgehead atoms. The summed E-state index contributed by atoms with van der Waals surface area (Å²) in [5.41, 5.74) is 6.20. The smallest absolute Gasteiger partial charge is 0.302 e. The average molecular weight is 695 g/mol. The number of hydrogen-bond acceptors (Lipinski definition) is 3. The molecule has 4 nitrogen and oxygen atoms in total. The summed E-state index contributed by atoms with van der Waals surface area (Å²) in [6, 6.07) is 7.10. The quantitative estimate of drug-likeness (QED) is 0.116. The standard InChI is InChI=1S/C6H2BrClINO2.C6H4BrClIN/c7-3-1-2-4(9)6(5(3)8)10(11)12;7-3-1-2-4(9)6(10)5(3)8/h1-2H;1-2H,10H2. The molecule has 0 fully saturated rings. The summed E-state index contributed by atoms with van der Waals surface area (Å²) in [5.74, 6) is 0. The highest BCUT2D eigenvalue weighted by molar-refractivity contribution is 14.1. The lowest BCUT2D eigenvalue weighted by Crippen LogP contribution is -1.92. The Hall–Kier alpha value is 0.640. The van der Waals surface area contributed by atoms with E-state index in [9.17, 15) is 10.1 Å². The number of anilines is 1. The molecule has 0 aliphatic carbocycles. The third-order valence-electron chi connectivity index (χ3n) is 2.28. The van der Waals surface area contributed by atoms with Gasteiger partial charge in [0.05, 0.1) is 19.2 Å². The first kappa shape index (κ1) is 20.7. The summed E-state index contributed by atoms with van der Waals surface area (Å²) < 4.78 is 2.89. The molecule has 0 saturated carbocycles. The van der Waals surface area contributed by atoms with Crippen LogP contribution in [0.25, 0.3) is 0 Å². The molecule has 0 aromatic heterocycles. The maximum absolute atomic E-state index is 10.5. The van der Waals surface area contributed by atoms with Gasteiger partial charge in [0, 0.05) is 12.5 Å². The first-order chi connectivity index (χ1) is 10.2. The molecule has 0 unspecified atom stereocenters. The second kappa shape index (κ2) is 9.21. The van der Waals surface area contributed by atoms with Crippen LogP contribution in [0.3, 0.4) is 0 Å². The average Bonchev–Trinajstić information content (AvgIpc) is 2.46. The number of nitro benzene ring substituents is 1. The van der Waals surface area contributed by atoms with Gasteiger partial charge in [-0.2, -0.15) is 0 Å². The van der Waals surface area contributed by atoms with Gasteiger partial charge < -0.3 is 5.73 Å². The van der Waals surface area contributed by atoms with Crippen molar-refractivity contribution >= 4 is 112 Å². The van der Waals surface area contributed by atoms with E-state index in [1.807, 2.05) is 34.7 Å². The Labute approximate surface area is 180 Å². The lowest BCUT2D eigenvalue weighted by molar-refractivity contribution is -0.385. The zero-order valence-corrected chi connectivity index (χ0v) is 19.4. The molecule has 22 heavy (non-hydrogen) atoms. The molecule has 0 atom stereocenters. The Kier molecular flexibility index (Phi) is 8.66. The van der Waals surface area contributed by atoms with Gasteiger partial charge in [0.25, 0.3) is 0 Å². The van der Waals surface area contributed by atoms with Crippen LogP contribution < -0.4 is 5.73 Å². The van der Waals surface area contributed by atoms with Crippen LogP contribution in [0, 0.1) is 17.3 Å². The van der Waals surface area contributed by atoms with Crippen LogP contribution in [0.15, 0.2) is 33.2 Å². The summed E-state index contributed by atoms with van der Waals surface area (Å²) in [7, 11) is 0. The number of hydrogen-bond donors (Lipinski definition) is 1. The molecule has 2 aromatic carbocycles. The Bertz CT molecular complexity index is 706. The van der Waals surface area contributed by atoms with Crippen LogP contribution in [0.1, 0.15) is 0 Å². The fraction of sp³-hybridized carbons (Fsp3) is 0. The Morgan fingerprint density at radius 1 is 1.00 bits per heavy atom. The predicted octanol–water partition coefficient (Wildman–Crippen LogP) is 6.90. The monoisotopic (exact) mass is 692 g/mol. The molecular formula is C12H6Br2Cl2I2N2O2. The van der Waals surface area contributed by atoms with E-state index in [4.69, 9.17) is 28.9 Å². The van der Waals surface area contributed by atoms with Crippen LogP contribution in [0.4, 0.5) is 11.4 Å². The van der Waals surface area contributed by atoms with Crippen molar-refractivity contribution in [1.82, 2.24) is 0 Å². The molecule has 2 aromatic rings. The second-order valence-corrected chi connectivity index (χ2v) is 8.49. The molecule has 0 spiro atoms. The molecule has 0 aliphatic rings. The largest absolute Gasteiger partial charge is 0.397 e. The van der Waals surface area contributed by atoms with E-state index < -0.39 is 4.92 Å². The number of nitrogen functional groups attached to an aromatic ring is 1. The molecule has 118 valence electrons. The Morgan fingerprint density at radius 2 is 1.45 bits per heavy atom. The number of nitrogens with two attached hydrogens (primary N) is 1. The number of halogens is 6. The zero-order valence-electron chi connectivity index (χ0n) is 10.4. The van der Waals surface area contributed by atoms with Crippen molar-refractivity contribution in [1.29, 1.82) is 0 Å². The van der Waals surface area contributed by atoms with Crippen molar-refractivity contribution in [2.24, 2.45) is 0 Å². The van der Waals surface area contributed by atoms with Crippen LogP contribution in [0.2, 0.25) is 10.0 Å². The van der Waals surface area contributed by atoms with E-state index in [0.717, 1.165) is 8.04 Å². The Morgan fingerprint density at radius 3 is 1.86 bits per heavy atom. The molecule has 0 saturated heterocycles. The van der Waals surface area contributed by atoms with Gasteiger partial charge in [-0.1, -0.05) is 23.2 Å². The number of rotatable bonds is 1. The highest BCUT2D eigenvalue weighted by atomic mass is 127. The third-order valence-corrected chi connectivity index (χ3v) is 6.66. The van der Waals surface area contributed by atoms with Gasteiger partial charge in [-0.05, 0) is 101 Å². The topological polar surface area (TPSA) is 69.2 Å². The van der Waals surface area contributed by atoms with Crippen molar-refractivity contribution in [2.45, 2.75) is 0 Å². The summed E-state index contributed by atoms with van der Waals surface area (Å²) in [5, 5.41) is 11.2. The first-order valence-corrected chi connectivity index (χ1v) is 9.83. The van der Waals surface area contributed by atoms with Gasteiger partial charge in [-0.15, -0.1) is 0 Å². The van der Waals surface area contributed by atoms with Crippen molar-refractivity contribution in [3.63, 3.8) is 0 Å². The van der Waals surface area contributed by atoms with E-state index in [1.165, 1.54) is 0 Å². The van der Waals surface area contributed by atoms with Crippen LogP contribution in [0.5, 0.6) is 0 Å². The summed E-state index contributed by atoms with van der Waals surface area (Å²) in [6.45, 7) is 0. The predicted molar refractivity (Wildman–Crippen MR) is 115 cm³/mol. The van der Waals surface area contributed by atoms with E-state index in [1.54, 1.807) is 12.1 Å². The van der Waals surface area contributed by atoms with Gasteiger partial charge in [0.2, 0.25) is 0 Å². The fourth-order valence-corrected chi connectivity index (χ4v) is 3.71. The third kappa shape index (κ3) is 5.33. The number of benzene rings is 2. The summed E-state index contributed by atoms with van der Waals surface area (Å²) in [4.78, 5) is 10.00. The minimum Gasteiger partial charge on any atom is -0.397 e. The summed E-state index contributed by atoms with van der Waals surface area (Å²) in [6.07, 6.45) is 0. The van der Waals surface area contributed by atoms with E-state index in [0.29, 0.717) is 18.8 Å². The first-order valence-electron chi connectivity index (χ1n) is 5.33. The molecule has 0 radical (unpaired) electrons. The van der Waals surface area contributed by atoms with Gasteiger partial charge in [0.15, 0.2) is 0 Å². The molecule has 2 rings (SSSR count). The summed E-state index contributed by atoms with van der Waals surface area (Å²) >= 11 is 21.9. The lowest BCUT2D eigenvalue weighted by atomic mass is 10.3. The van der Waals surface area contributed by atoms with E-state index in [2.05, 4.69) is 54.5 Å². The SMILES string of the molecule is Nc1c(I)ccc(Br)c1Cl.O=[N+]([O-])c1c(I)ccc(Br)c1Cl. The lowest BCUT2D eigenvalue weighted by Gasteiger charge is -2.01. The number of nitrogens with zero attached hydrogens (tertiary/aromatic N) is 1. The maximum atomic E-state index is 10.5.